The summed E-state index contributed by atoms with van der Waals surface area (Å²) in [4.78, 5) is 22.9. The molecule has 114 valence electrons. The number of hydrogen-bond acceptors (Lipinski definition) is 4. The van der Waals surface area contributed by atoms with E-state index in [1.165, 1.54) is 0 Å². The molecule has 5 nitrogen and oxygen atoms in total. The zero-order valence-corrected chi connectivity index (χ0v) is 12.8. The van der Waals surface area contributed by atoms with E-state index in [1.54, 1.807) is 7.11 Å². The lowest BCUT2D eigenvalue weighted by atomic mass is 9.94. The number of carbonyl (C=O) groups excluding carboxylic acids is 2. The van der Waals surface area contributed by atoms with Crippen LogP contribution >= 0.6 is 11.8 Å². The van der Waals surface area contributed by atoms with Gasteiger partial charge in [0, 0.05) is 49.5 Å². The smallest absolute Gasteiger partial charge is 0.220 e. The summed E-state index contributed by atoms with van der Waals surface area (Å²) in [6.07, 6.45) is 4.39. The molecule has 0 saturated carbocycles. The van der Waals surface area contributed by atoms with Crippen LogP contribution in [0.4, 0.5) is 0 Å². The van der Waals surface area contributed by atoms with Gasteiger partial charge in [-0.1, -0.05) is 6.42 Å². The first-order valence-electron chi connectivity index (χ1n) is 7.37. The Kier molecular flexibility index (Phi) is 6.16. The molecule has 2 fully saturated rings. The number of rotatable bonds is 8. The number of hydrogen-bond donors (Lipinski definition) is 2. The summed E-state index contributed by atoms with van der Waals surface area (Å²) in [5, 5.41) is 6.47. The van der Waals surface area contributed by atoms with Crippen LogP contribution in [-0.4, -0.2) is 49.1 Å². The van der Waals surface area contributed by atoms with Crippen molar-refractivity contribution in [2.75, 3.05) is 26.0 Å². The number of methoxy groups -OCH3 is 1. The zero-order valence-electron chi connectivity index (χ0n) is 12.0. The molecule has 3 atom stereocenters. The molecule has 2 amide bonds. The predicted octanol–water partition coefficient (Wildman–Crippen LogP) is 0.929. The van der Waals surface area contributed by atoms with E-state index in [1.807, 2.05) is 11.8 Å². The van der Waals surface area contributed by atoms with Gasteiger partial charge in [-0.2, -0.15) is 11.8 Å². The largest absolute Gasteiger partial charge is 0.383 e. The Hall–Kier alpha value is -0.750. The van der Waals surface area contributed by atoms with Crippen molar-refractivity contribution in [3.05, 3.63) is 0 Å². The van der Waals surface area contributed by atoms with E-state index in [-0.39, 0.29) is 11.8 Å². The van der Waals surface area contributed by atoms with Crippen LogP contribution in [-0.2, 0) is 14.3 Å². The second-order valence-electron chi connectivity index (χ2n) is 5.50. The fourth-order valence-corrected chi connectivity index (χ4v) is 4.60. The normalized spacial score (nSPS) is 28.2. The van der Waals surface area contributed by atoms with Crippen LogP contribution in [0.2, 0.25) is 0 Å². The van der Waals surface area contributed by atoms with Crippen molar-refractivity contribution in [1.82, 2.24) is 10.6 Å². The second-order valence-corrected chi connectivity index (χ2v) is 6.77. The van der Waals surface area contributed by atoms with Gasteiger partial charge in [-0.25, -0.2) is 0 Å². The molecule has 0 aromatic heterocycles. The number of fused-ring (bicyclic) bond motifs is 1. The summed E-state index contributed by atoms with van der Waals surface area (Å²) in [5.41, 5.74) is 0. The Morgan fingerprint density at radius 3 is 3.15 bits per heavy atom. The summed E-state index contributed by atoms with van der Waals surface area (Å²) < 4.78 is 4.88. The third-order valence-corrected chi connectivity index (χ3v) is 5.59. The van der Waals surface area contributed by atoms with Crippen molar-refractivity contribution in [1.29, 1.82) is 0 Å². The SMILES string of the molecule is COCCNC(=O)CCCC[C@@H]1SCC2NC(=O)CC21. The van der Waals surface area contributed by atoms with Gasteiger partial charge in [0.1, 0.15) is 0 Å². The summed E-state index contributed by atoms with van der Waals surface area (Å²) in [5.74, 6) is 1.89. The highest BCUT2D eigenvalue weighted by atomic mass is 32.2. The van der Waals surface area contributed by atoms with Gasteiger partial charge in [0.05, 0.1) is 6.61 Å². The first kappa shape index (κ1) is 15.6. The van der Waals surface area contributed by atoms with Crippen LogP contribution in [0.25, 0.3) is 0 Å². The minimum atomic E-state index is 0.108. The molecule has 0 bridgehead atoms. The van der Waals surface area contributed by atoms with Gasteiger partial charge in [-0.15, -0.1) is 0 Å². The second kappa shape index (κ2) is 7.88. The summed E-state index contributed by atoms with van der Waals surface area (Å²) >= 11 is 1.98. The molecule has 2 aliphatic heterocycles. The maximum Gasteiger partial charge on any atom is 0.220 e. The standard InChI is InChI=1S/C14H24N2O3S/c1-19-7-6-15-13(17)5-3-2-4-12-10-8-14(18)16-11(10)9-20-12/h10-12H,2-9H2,1H3,(H,15,17)(H,16,18)/t10?,11?,12-/m0/s1. The van der Waals surface area contributed by atoms with E-state index in [9.17, 15) is 9.59 Å². The molecule has 0 spiro atoms. The molecule has 2 saturated heterocycles. The summed E-state index contributed by atoms with van der Waals surface area (Å²) in [6, 6.07) is 0.398. The van der Waals surface area contributed by atoms with Crippen LogP contribution in [0.1, 0.15) is 32.1 Å². The van der Waals surface area contributed by atoms with Crippen molar-refractivity contribution >= 4 is 23.6 Å². The van der Waals surface area contributed by atoms with Crippen molar-refractivity contribution < 1.29 is 14.3 Å². The van der Waals surface area contributed by atoms with Crippen LogP contribution < -0.4 is 10.6 Å². The molecule has 6 heteroatoms. The highest BCUT2D eigenvalue weighted by Crippen LogP contribution is 2.40. The van der Waals surface area contributed by atoms with Gasteiger partial charge >= 0.3 is 0 Å². The molecule has 2 unspecified atom stereocenters. The third kappa shape index (κ3) is 4.38. The fraction of sp³-hybridized carbons (Fsp3) is 0.857. The Bertz CT molecular complexity index is 351. The molecule has 0 aliphatic carbocycles. The van der Waals surface area contributed by atoms with Crippen molar-refractivity contribution in [2.45, 2.75) is 43.4 Å². The topological polar surface area (TPSA) is 67.4 Å². The van der Waals surface area contributed by atoms with Crippen molar-refractivity contribution in [3.8, 4) is 0 Å². The fourth-order valence-electron chi connectivity index (χ4n) is 2.95. The van der Waals surface area contributed by atoms with Crippen LogP contribution in [0.5, 0.6) is 0 Å². The molecular weight excluding hydrogens is 276 g/mol. The maximum absolute atomic E-state index is 11.5. The quantitative estimate of drug-likeness (QED) is 0.654. The molecule has 2 heterocycles. The minimum Gasteiger partial charge on any atom is -0.383 e. The summed E-state index contributed by atoms with van der Waals surface area (Å²) in [7, 11) is 1.63. The first-order valence-corrected chi connectivity index (χ1v) is 8.42. The number of carbonyl (C=O) groups is 2. The first-order chi connectivity index (χ1) is 9.70. The predicted molar refractivity (Wildman–Crippen MR) is 79.6 cm³/mol. The molecule has 2 N–H and O–H groups in total. The molecule has 0 aromatic rings. The van der Waals surface area contributed by atoms with E-state index in [4.69, 9.17) is 4.74 Å². The Balaban J connectivity index is 1.55. The lowest BCUT2D eigenvalue weighted by Crippen LogP contribution is -2.29. The van der Waals surface area contributed by atoms with Crippen molar-refractivity contribution in [2.24, 2.45) is 5.92 Å². The van der Waals surface area contributed by atoms with E-state index in [2.05, 4.69) is 10.6 Å². The van der Waals surface area contributed by atoms with E-state index < -0.39 is 0 Å². The molecule has 0 aromatic carbocycles. The average molecular weight is 300 g/mol. The number of nitrogens with one attached hydrogen (secondary N) is 2. The minimum absolute atomic E-state index is 0.108. The van der Waals surface area contributed by atoms with Gasteiger partial charge in [0.15, 0.2) is 0 Å². The van der Waals surface area contributed by atoms with Gasteiger partial charge in [-0.05, 0) is 12.8 Å². The molecule has 2 rings (SSSR count). The van der Waals surface area contributed by atoms with E-state index >= 15 is 0 Å². The Morgan fingerprint density at radius 2 is 2.35 bits per heavy atom. The summed E-state index contributed by atoms with van der Waals surface area (Å²) in [6.45, 7) is 1.15. The monoisotopic (exact) mass is 300 g/mol. The molecule has 2 aliphatic rings. The number of ether oxygens (including phenoxy) is 1. The van der Waals surface area contributed by atoms with Crippen molar-refractivity contribution in [3.63, 3.8) is 0 Å². The van der Waals surface area contributed by atoms with Crippen LogP contribution in [0.15, 0.2) is 0 Å². The lowest BCUT2D eigenvalue weighted by Gasteiger charge is -2.15. The molecule has 0 radical (unpaired) electrons. The van der Waals surface area contributed by atoms with Crippen LogP contribution in [0.3, 0.4) is 0 Å². The number of amides is 2. The molecular formula is C14H24N2O3S. The highest BCUT2D eigenvalue weighted by molar-refractivity contribution is 8.00. The number of unbranched alkanes of at least 4 members (excludes halogenated alkanes) is 1. The van der Waals surface area contributed by atoms with E-state index in [0.29, 0.717) is 43.2 Å². The van der Waals surface area contributed by atoms with Crippen LogP contribution in [0, 0.1) is 5.92 Å². The highest BCUT2D eigenvalue weighted by Gasteiger charge is 2.42. The average Bonchev–Trinajstić information content (AvgIpc) is 2.95. The lowest BCUT2D eigenvalue weighted by molar-refractivity contribution is -0.121. The Labute approximate surface area is 124 Å². The zero-order chi connectivity index (χ0) is 14.4. The van der Waals surface area contributed by atoms with Gasteiger partial charge in [0.25, 0.3) is 0 Å². The molecule has 20 heavy (non-hydrogen) atoms. The van der Waals surface area contributed by atoms with Gasteiger partial charge < -0.3 is 15.4 Å². The van der Waals surface area contributed by atoms with E-state index in [0.717, 1.165) is 25.0 Å². The third-order valence-electron chi connectivity index (χ3n) is 4.02. The van der Waals surface area contributed by atoms with Gasteiger partial charge in [-0.3, -0.25) is 9.59 Å². The number of thioether (sulfide) groups is 1. The maximum atomic E-state index is 11.5. The Morgan fingerprint density at radius 1 is 1.50 bits per heavy atom. The van der Waals surface area contributed by atoms with Gasteiger partial charge in [0.2, 0.25) is 11.8 Å².